The molecule has 0 spiro atoms. The summed E-state index contributed by atoms with van der Waals surface area (Å²) in [6, 6.07) is 14.2. The first-order chi connectivity index (χ1) is 15.1. The number of amides is 1. The van der Waals surface area contributed by atoms with Gasteiger partial charge in [0, 0.05) is 33.5 Å². The lowest BCUT2D eigenvalue weighted by atomic mass is 10.2. The number of anilines is 2. The van der Waals surface area contributed by atoms with E-state index in [9.17, 15) is 33.2 Å². The van der Waals surface area contributed by atoms with Crippen molar-refractivity contribution in [2.75, 3.05) is 10.0 Å². The Hall–Kier alpha value is -3.77. The maximum absolute atomic E-state index is 12.8. The number of hydrogen-bond donors (Lipinski definition) is 2. The van der Waals surface area contributed by atoms with Gasteiger partial charge in [-0.25, -0.2) is 8.42 Å². The van der Waals surface area contributed by atoms with Gasteiger partial charge in [0.15, 0.2) is 0 Å². The summed E-state index contributed by atoms with van der Waals surface area (Å²) < 4.78 is 28.1. The number of nitro groups is 1. The van der Waals surface area contributed by atoms with Gasteiger partial charge in [0.2, 0.25) is 0 Å². The molecule has 0 bridgehead atoms. The van der Waals surface area contributed by atoms with Gasteiger partial charge in [-0.3, -0.25) is 19.6 Å². The molecule has 0 aromatic heterocycles. The van der Waals surface area contributed by atoms with Gasteiger partial charge < -0.3 is 15.2 Å². The van der Waals surface area contributed by atoms with Gasteiger partial charge in [0.05, 0.1) is 10.9 Å². The molecule has 12 heteroatoms. The zero-order chi connectivity index (χ0) is 23.5. The number of halogens is 1. The van der Waals surface area contributed by atoms with Crippen molar-refractivity contribution in [2.45, 2.75) is 4.90 Å². The lowest BCUT2D eigenvalue weighted by Crippen LogP contribution is -2.22. The molecule has 0 saturated heterocycles. The fourth-order valence-corrected chi connectivity index (χ4v) is 4.71. The van der Waals surface area contributed by atoms with Crippen molar-refractivity contribution in [1.29, 1.82) is 0 Å². The fourth-order valence-electron chi connectivity index (χ4n) is 2.67. The molecule has 164 valence electrons. The summed E-state index contributed by atoms with van der Waals surface area (Å²) in [5.41, 5.74) is -0.304. The SMILES string of the molecule is O=C([O-])c1cccc(NS(=O)(=O)c2cc(C(=O)Nc3cccc([N+](=O)[O-])c3)ccc2Br)c1. The number of rotatable bonds is 7. The monoisotopic (exact) mass is 518 g/mol. The van der Waals surface area contributed by atoms with Crippen LogP contribution in [0, 0.1) is 10.1 Å². The molecule has 3 rings (SSSR count). The topological polar surface area (TPSA) is 159 Å². The number of carboxylic acid groups (broad SMARTS) is 1. The van der Waals surface area contributed by atoms with Gasteiger partial charge in [-0.2, -0.15) is 0 Å². The van der Waals surface area contributed by atoms with Crippen LogP contribution in [0.4, 0.5) is 17.1 Å². The summed E-state index contributed by atoms with van der Waals surface area (Å²) in [5.74, 6) is -2.15. The number of non-ortho nitro benzene ring substituents is 1. The number of carboxylic acids is 1. The molecule has 0 radical (unpaired) electrons. The summed E-state index contributed by atoms with van der Waals surface area (Å²) in [7, 11) is -4.21. The van der Waals surface area contributed by atoms with Crippen molar-refractivity contribution in [3.05, 3.63) is 92.4 Å². The van der Waals surface area contributed by atoms with E-state index in [0.717, 1.165) is 12.1 Å². The van der Waals surface area contributed by atoms with Crippen LogP contribution in [0.3, 0.4) is 0 Å². The molecule has 1 amide bonds. The number of carbonyl (C=O) groups excluding carboxylic acids is 2. The van der Waals surface area contributed by atoms with E-state index >= 15 is 0 Å². The Kier molecular flexibility index (Phi) is 6.55. The standard InChI is InChI=1S/C20H14BrN3O7S/c21-17-8-7-12(19(25)22-14-4-2-6-16(11-14)24(28)29)10-18(17)32(30,31)23-15-5-1-3-13(9-15)20(26)27/h1-11,23H,(H,22,25)(H,26,27)/p-1. The van der Waals surface area contributed by atoms with Gasteiger partial charge in [-0.15, -0.1) is 0 Å². The Morgan fingerprint density at radius 2 is 1.59 bits per heavy atom. The molecule has 0 unspecified atom stereocenters. The molecule has 3 aromatic rings. The Bertz CT molecular complexity index is 1340. The largest absolute Gasteiger partial charge is 0.545 e. The Morgan fingerprint density at radius 3 is 2.28 bits per heavy atom. The van der Waals surface area contributed by atoms with Crippen molar-refractivity contribution >= 4 is 54.9 Å². The van der Waals surface area contributed by atoms with Crippen LogP contribution in [0.1, 0.15) is 20.7 Å². The van der Waals surface area contributed by atoms with Crippen LogP contribution in [0.5, 0.6) is 0 Å². The molecule has 0 fully saturated rings. The number of aromatic carboxylic acids is 1. The lowest BCUT2D eigenvalue weighted by Gasteiger charge is -2.12. The Labute approximate surface area is 190 Å². The highest BCUT2D eigenvalue weighted by Crippen LogP contribution is 2.26. The summed E-state index contributed by atoms with van der Waals surface area (Å²) in [6.45, 7) is 0. The molecule has 0 heterocycles. The minimum absolute atomic E-state index is 0.00921. The van der Waals surface area contributed by atoms with Crippen molar-refractivity contribution in [1.82, 2.24) is 0 Å². The number of nitrogens with zero attached hydrogens (tertiary/aromatic N) is 1. The van der Waals surface area contributed by atoms with Crippen LogP contribution < -0.4 is 15.1 Å². The number of nitrogens with one attached hydrogen (secondary N) is 2. The van der Waals surface area contributed by atoms with Crippen molar-refractivity contribution in [3.63, 3.8) is 0 Å². The van der Waals surface area contributed by atoms with Gasteiger partial charge in [-0.05, 0) is 57.9 Å². The molecule has 0 aliphatic carbocycles. The van der Waals surface area contributed by atoms with E-state index < -0.39 is 26.8 Å². The van der Waals surface area contributed by atoms with Crippen LogP contribution in [-0.2, 0) is 10.0 Å². The van der Waals surface area contributed by atoms with Crippen LogP contribution in [0.25, 0.3) is 0 Å². The minimum atomic E-state index is -4.21. The number of hydrogen-bond acceptors (Lipinski definition) is 7. The highest BCUT2D eigenvalue weighted by atomic mass is 79.9. The first-order valence-electron chi connectivity index (χ1n) is 8.76. The molecule has 0 atom stereocenters. The molecule has 0 aliphatic heterocycles. The van der Waals surface area contributed by atoms with Crippen molar-refractivity contribution in [2.24, 2.45) is 0 Å². The second kappa shape index (κ2) is 9.16. The van der Waals surface area contributed by atoms with Crippen LogP contribution in [-0.4, -0.2) is 25.2 Å². The molecular weight excluding hydrogens is 506 g/mol. The number of carbonyl (C=O) groups is 2. The van der Waals surface area contributed by atoms with E-state index in [1.165, 1.54) is 54.6 Å². The Morgan fingerprint density at radius 1 is 0.906 bits per heavy atom. The van der Waals surface area contributed by atoms with Crippen LogP contribution >= 0.6 is 15.9 Å². The average molecular weight is 519 g/mol. The molecule has 0 saturated carbocycles. The zero-order valence-corrected chi connectivity index (χ0v) is 18.3. The van der Waals surface area contributed by atoms with Gasteiger partial charge in [0.1, 0.15) is 4.90 Å². The van der Waals surface area contributed by atoms with Crippen molar-refractivity contribution < 1.29 is 28.0 Å². The summed E-state index contributed by atoms with van der Waals surface area (Å²) in [4.78, 5) is 33.6. The van der Waals surface area contributed by atoms with E-state index in [-0.39, 0.29) is 37.6 Å². The lowest BCUT2D eigenvalue weighted by molar-refractivity contribution is -0.384. The maximum Gasteiger partial charge on any atom is 0.271 e. The third-order valence-corrected chi connectivity index (χ3v) is 6.52. The predicted molar refractivity (Wildman–Crippen MR) is 117 cm³/mol. The molecule has 3 aromatic carbocycles. The highest BCUT2D eigenvalue weighted by Gasteiger charge is 2.21. The van der Waals surface area contributed by atoms with Gasteiger partial charge >= 0.3 is 0 Å². The third-order valence-electron chi connectivity index (χ3n) is 4.15. The van der Waals surface area contributed by atoms with Crippen molar-refractivity contribution in [3.8, 4) is 0 Å². The molecule has 10 nitrogen and oxygen atoms in total. The quantitative estimate of drug-likeness (QED) is 0.359. The predicted octanol–water partition coefficient (Wildman–Crippen LogP) is 2.77. The second-order valence-corrected chi connectivity index (χ2v) is 8.89. The first-order valence-corrected chi connectivity index (χ1v) is 11.0. The van der Waals surface area contributed by atoms with E-state index in [1.807, 2.05) is 0 Å². The fraction of sp³-hybridized carbons (Fsp3) is 0. The average Bonchev–Trinajstić information content (AvgIpc) is 2.73. The number of sulfonamides is 1. The highest BCUT2D eigenvalue weighted by molar-refractivity contribution is 9.10. The zero-order valence-electron chi connectivity index (χ0n) is 15.9. The molecule has 0 aliphatic rings. The number of benzene rings is 3. The molecule has 32 heavy (non-hydrogen) atoms. The summed E-state index contributed by atoms with van der Waals surface area (Å²) in [5, 5.41) is 24.4. The first kappa shape index (κ1) is 22.9. The second-order valence-electron chi connectivity index (χ2n) is 6.38. The van der Waals surface area contributed by atoms with E-state index in [0.29, 0.717) is 0 Å². The van der Waals surface area contributed by atoms with Crippen LogP contribution in [0.2, 0.25) is 0 Å². The molecular formula is C20H13BrN3O7S-. The smallest absolute Gasteiger partial charge is 0.271 e. The normalized spacial score (nSPS) is 10.9. The summed E-state index contributed by atoms with van der Waals surface area (Å²) >= 11 is 3.13. The molecule has 2 N–H and O–H groups in total. The maximum atomic E-state index is 12.8. The van der Waals surface area contributed by atoms with E-state index in [2.05, 4.69) is 26.0 Å². The van der Waals surface area contributed by atoms with Gasteiger partial charge in [-0.1, -0.05) is 18.2 Å². The minimum Gasteiger partial charge on any atom is -0.545 e. The third kappa shape index (κ3) is 5.28. The summed E-state index contributed by atoms with van der Waals surface area (Å²) in [6.07, 6.45) is 0. The van der Waals surface area contributed by atoms with Crippen LogP contribution in [0.15, 0.2) is 76.1 Å². The number of nitro benzene ring substituents is 1. The Balaban J connectivity index is 1.88. The van der Waals surface area contributed by atoms with Gasteiger partial charge in [0.25, 0.3) is 21.6 Å². The van der Waals surface area contributed by atoms with E-state index in [4.69, 9.17) is 0 Å². The van der Waals surface area contributed by atoms with E-state index in [1.54, 1.807) is 0 Å².